The van der Waals surface area contributed by atoms with Gasteiger partial charge in [0.1, 0.15) is 0 Å². The summed E-state index contributed by atoms with van der Waals surface area (Å²) in [6.07, 6.45) is 12.0. The molecule has 0 aromatic carbocycles. The van der Waals surface area contributed by atoms with Crippen LogP contribution in [0.3, 0.4) is 0 Å². The third-order valence-corrected chi connectivity index (χ3v) is 2.97. The predicted octanol–water partition coefficient (Wildman–Crippen LogP) is 4.17. The maximum Gasteiger partial charge on any atom is -0.0322 e. The highest BCUT2D eigenvalue weighted by molar-refractivity contribution is 4.90. The quantitative estimate of drug-likeness (QED) is 0.393. The summed E-state index contributed by atoms with van der Waals surface area (Å²) < 4.78 is 0. The zero-order chi connectivity index (χ0) is 8.81. The molecule has 2 atom stereocenters. The Kier molecular flexibility index (Phi) is 4.42. The lowest BCUT2D eigenvalue weighted by atomic mass is 10.1. The van der Waals surface area contributed by atoms with E-state index in [1.807, 2.05) is 0 Å². The standard InChI is InChI=1S/C12H22/c1-3-5-6-7-9-12-10-11(12)8-4-2/h4,11-12H,2-3,5-10H2,1H3/t11-,12-/m1/s1. The molecule has 0 saturated heterocycles. The Morgan fingerprint density at radius 1 is 1.25 bits per heavy atom. The minimum absolute atomic E-state index is 1.02. The Hall–Kier alpha value is -0.260. The van der Waals surface area contributed by atoms with E-state index in [9.17, 15) is 0 Å². The van der Waals surface area contributed by atoms with Crippen molar-refractivity contribution in [3.05, 3.63) is 12.7 Å². The van der Waals surface area contributed by atoms with Crippen molar-refractivity contribution in [2.75, 3.05) is 0 Å². The maximum absolute atomic E-state index is 3.78. The summed E-state index contributed by atoms with van der Waals surface area (Å²) in [6, 6.07) is 0. The van der Waals surface area contributed by atoms with Gasteiger partial charge in [-0.25, -0.2) is 0 Å². The number of hydrogen-bond acceptors (Lipinski definition) is 0. The monoisotopic (exact) mass is 166 g/mol. The normalized spacial score (nSPS) is 27.1. The summed E-state index contributed by atoms with van der Waals surface area (Å²) in [6.45, 7) is 6.06. The van der Waals surface area contributed by atoms with Crippen LogP contribution < -0.4 is 0 Å². The molecule has 12 heavy (non-hydrogen) atoms. The third-order valence-electron chi connectivity index (χ3n) is 2.97. The minimum Gasteiger partial charge on any atom is -0.103 e. The summed E-state index contributed by atoms with van der Waals surface area (Å²) >= 11 is 0. The summed E-state index contributed by atoms with van der Waals surface area (Å²) in [5.41, 5.74) is 0. The molecule has 0 aromatic rings. The minimum atomic E-state index is 1.02. The highest BCUT2D eigenvalue weighted by Gasteiger charge is 2.34. The molecule has 0 N–H and O–H groups in total. The first-order valence-corrected chi connectivity index (χ1v) is 5.49. The molecule has 1 aliphatic rings. The molecule has 0 bridgehead atoms. The van der Waals surface area contributed by atoms with Gasteiger partial charge in [0.05, 0.1) is 0 Å². The molecule has 0 aliphatic heterocycles. The topological polar surface area (TPSA) is 0 Å². The highest BCUT2D eigenvalue weighted by Crippen LogP contribution is 2.44. The van der Waals surface area contributed by atoms with Crippen molar-refractivity contribution >= 4 is 0 Å². The predicted molar refractivity (Wildman–Crippen MR) is 55.2 cm³/mol. The molecule has 1 rings (SSSR count). The van der Waals surface area contributed by atoms with Crippen LogP contribution in [0.4, 0.5) is 0 Å². The first kappa shape index (κ1) is 9.83. The van der Waals surface area contributed by atoms with Crippen molar-refractivity contribution in [2.45, 2.75) is 51.9 Å². The van der Waals surface area contributed by atoms with Crippen molar-refractivity contribution in [3.63, 3.8) is 0 Å². The van der Waals surface area contributed by atoms with Crippen LogP contribution >= 0.6 is 0 Å². The van der Waals surface area contributed by atoms with Gasteiger partial charge in [-0.05, 0) is 24.7 Å². The maximum atomic E-state index is 3.78. The fourth-order valence-electron chi connectivity index (χ4n) is 2.00. The largest absolute Gasteiger partial charge is 0.103 e. The van der Waals surface area contributed by atoms with Crippen molar-refractivity contribution in [1.29, 1.82) is 0 Å². The van der Waals surface area contributed by atoms with E-state index in [0.29, 0.717) is 0 Å². The molecular formula is C12H22. The number of rotatable bonds is 7. The molecule has 1 aliphatic carbocycles. The van der Waals surface area contributed by atoms with Crippen LogP contribution in [0.1, 0.15) is 51.9 Å². The van der Waals surface area contributed by atoms with Crippen LogP contribution in [0.2, 0.25) is 0 Å². The molecule has 0 heteroatoms. The van der Waals surface area contributed by atoms with E-state index < -0.39 is 0 Å². The third kappa shape index (κ3) is 3.42. The van der Waals surface area contributed by atoms with Crippen LogP contribution in [-0.4, -0.2) is 0 Å². The van der Waals surface area contributed by atoms with Crippen molar-refractivity contribution < 1.29 is 0 Å². The molecule has 1 fully saturated rings. The molecule has 0 unspecified atom stereocenters. The van der Waals surface area contributed by atoms with Gasteiger partial charge in [-0.15, -0.1) is 6.58 Å². The second-order valence-electron chi connectivity index (χ2n) is 4.13. The van der Waals surface area contributed by atoms with Gasteiger partial charge in [0.15, 0.2) is 0 Å². The van der Waals surface area contributed by atoms with Crippen LogP contribution in [0.15, 0.2) is 12.7 Å². The van der Waals surface area contributed by atoms with Gasteiger partial charge in [-0.2, -0.15) is 0 Å². The smallest absolute Gasteiger partial charge is 0.0322 e. The first-order valence-electron chi connectivity index (χ1n) is 5.49. The van der Waals surface area contributed by atoms with E-state index in [1.165, 1.54) is 44.9 Å². The average molecular weight is 166 g/mol. The van der Waals surface area contributed by atoms with Gasteiger partial charge in [0, 0.05) is 0 Å². The van der Waals surface area contributed by atoms with E-state index in [4.69, 9.17) is 0 Å². The highest BCUT2D eigenvalue weighted by atomic mass is 14.4. The zero-order valence-electron chi connectivity index (χ0n) is 8.39. The van der Waals surface area contributed by atoms with E-state index in [1.54, 1.807) is 0 Å². The van der Waals surface area contributed by atoms with Gasteiger partial charge < -0.3 is 0 Å². The number of hydrogen-bond donors (Lipinski definition) is 0. The number of unbranched alkanes of at least 4 members (excludes halogenated alkanes) is 3. The molecule has 1 saturated carbocycles. The van der Waals surface area contributed by atoms with Gasteiger partial charge in [-0.1, -0.05) is 45.1 Å². The van der Waals surface area contributed by atoms with E-state index in [0.717, 1.165) is 11.8 Å². The molecule has 0 radical (unpaired) electrons. The Morgan fingerprint density at radius 2 is 2.08 bits per heavy atom. The number of allylic oxidation sites excluding steroid dienone is 1. The van der Waals surface area contributed by atoms with Gasteiger partial charge in [0.2, 0.25) is 0 Å². The molecule has 70 valence electrons. The van der Waals surface area contributed by atoms with E-state index >= 15 is 0 Å². The molecule has 0 spiro atoms. The van der Waals surface area contributed by atoms with E-state index in [-0.39, 0.29) is 0 Å². The fourth-order valence-corrected chi connectivity index (χ4v) is 2.00. The van der Waals surface area contributed by atoms with Crippen molar-refractivity contribution in [2.24, 2.45) is 11.8 Å². The SMILES string of the molecule is C=CC[C@@H]1C[C@H]1CCCCCC. The Morgan fingerprint density at radius 3 is 2.75 bits per heavy atom. The molecule has 0 aromatic heterocycles. The van der Waals surface area contributed by atoms with E-state index in [2.05, 4.69) is 19.6 Å². The van der Waals surface area contributed by atoms with Crippen LogP contribution in [0, 0.1) is 11.8 Å². The average Bonchev–Trinajstić information content (AvgIpc) is 2.79. The van der Waals surface area contributed by atoms with Crippen LogP contribution in [-0.2, 0) is 0 Å². The zero-order valence-corrected chi connectivity index (χ0v) is 8.39. The lowest BCUT2D eigenvalue weighted by Crippen LogP contribution is -1.83. The van der Waals surface area contributed by atoms with Gasteiger partial charge in [0.25, 0.3) is 0 Å². The van der Waals surface area contributed by atoms with Crippen molar-refractivity contribution in [1.82, 2.24) is 0 Å². The summed E-state index contributed by atoms with van der Waals surface area (Å²) in [5, 5.41) is 0. The second kappa shape index (κ2) is 5.40. The second-order valence-corrected chi connectivity index (χ2v) is 4.13. The summed E-state index contributed by atoms with van der Waals surface area (Å²) in [5.74, 6) is 2.09. The molecule has 0 nitrogen and oxygen atoms in total. The first-order chi connectivity index (χ1) is 5.88. The Balaban J connectivity index is 1.86. The Bertz CT molecular complexity index is 126. The lowest BCUT2D eigenvalue weighted by Gasteiger charge is -1.97. The summed E-state index contributed by atoms with van der Waals surface area (Å²) in [7, 11) is 0. The molecule has 0 heterocycles. The lowest BCUT2D eigenvalue weighted by molar-refractivity contribution is 0.568. The molecule has 0 amide bonds. The summed E-state index contributed by atoms with van der Waals surface area (Å²) in [4.78, 5) is 0. The van der Waals surface area contributed by atoms with Crippen LogP contribution in [0.5, 0.6) is 0 Å². The Labute approximate surface area is 77.1 Å². The van der Waals surface area contributed by atoms with Crippen molar-refractivity contribution in [3.8, 4) is 0 Å². The van der Waals surface area contributed by atoms with Gasteiger partial charge in [-0.3, -0.25) is 0 Å². The van der Waals surface area contributed by atoms with Gasteiger partial charge >= 0.3 is 0 Å². The fraction of sp³-hybridized carbons (Fsp3) is 0.833. The van der Waals surface area contributed by atoms with Crippen LogP contribution in [0.25, 0.3) is 0 Å². The molecular weight excluding hydrogens is 144 g/mol.